The molecule has 0 spiro atoms. The van der Waals surface area contributed by atoms with E-state index in [1.54, 1.807) is 25.1 Å². The molecule has 0 aliphatic carbocycles. The van der Waals surface area contributed by atoms with Gasteiger partial charge in [0.15, 0.2) is 0 Å². The summed E-state index contributed by atoms with van der Waals surface area (Å²) >= 11 is 5.99. The van der Waals surface area contributed by atoms with Crippen LogP contribution in [0.1, 0.15) is 23.6 Å². The Labute approximate surface area is 230 Å². The summed E-state index contributed by atoms with van der Waals surface area (Å²) in [6, 6.07) is 16.2. The maximum atomic E-state index is 13.7. The van der Waals surface area contributed by atoms with Gasteiger partial charge < -0.3 is 9.47 Å². The highest BCUT2D eigenvalue weighted by Gasteiger charge is 2.44. The first-order chi connectivity index (χ1) is 18.7. The maximum absolute atomic E-state index is 13.7. The summed E-state index contributed by atoms with van der Waals surface area (Å²) in [7, 11) is 1.33. The second-order valence-corrected chi connectivity index (χ2v) is 9.47. The lowest BCUT2D eigenvalue weighted by Crippen LogP contribution is -2.44. The minimum atomic E-state index is -4.88. The number of amides is 2. The average molecular weight is 586 g/mol. The number of carbonyl (C=O) groups is 1. The summed E-state index contributed by atoms with van der Waals surface area (Å²) < 4.78 is 86.7. The number of urea groups is 1. The van der Waals surface area contributed by atoms with Crippen LogP contribution in [0.5, 0.6) is 5.75 Å². The summed E-state index contributed by atoms with van der Waals surface area (Å²) in [5.74, 6) is -0.474. The van der Waals surface area contributed by atoms with Crippen LogP contribution in [-0.4, -0.2) is 43.5 Å². The Morgan fingerprint density at radius 2 is 1.68 bits per heavy atom. The summed E-state index contributed by atoms with van der Waals surface area (Å²) in [5.41, 5.74) is -0.435. The van der Waals surface area contributed by atoms with E-state index in [-0.39, 0.29) is 24.5 Å². The Kier molecular flexibility index (Phi) is 8.04. The zero-order valence-electron chi connectivity index (χ0n) is 21.1. The van der Waals surface area contributed by atoms with Crippen molar-refractivity contribution in [2.75, 3.05) is 25.3 Å². The Balaban J connectivity index is 1.73. The van der Waals surface area contributed by atoms with Crippen molar-refractivity contribution in [3.63, 3.8) is 0 Å². The van der Waals surface area contributed by atoms with Crippen LogP contribution in [0.4, 0.5) is 36.8 Å². The first kappa shape index (κ1) is 29.2. The molecule has 1 unspecified atom stereocenters. The average Bonchev–Trinajstić information content (AvgIpc) is 3.25. The lowest BCUT2D eigenvalue weighted by atomic mass is 9.76. The number of ether oxygens (including phenoxy) is 2. The first-order valence-corrected chi connectivity index (χ1v) is 12.1. The van der Waals surface area contributed by atoms with Gasteiger partial charge in [0.25, 0.3) is 0 Å². The molecular weight excluding hydrogens is 564 g/mol. The molecule has 212 valence electrons. The fraction of sp³-hybridized carbons (Fsp3) is 0.259. The van der Waals surface area contributed by atoms with Crippen molar-refractivity contribution in [2.24, 2.45) is 5.10 Å². The third-order valence-corrected chi connectivity index (χ3v) is 6.57. The van der Waals surface area contributed by atoms with Gasteiger partial charge in [0.2, 0.25) is 0 Å². The van der Waals surface area contributed by atoms with Crippen LogP contribution in [0, 0.1) is 0 Å². The number of rotatable bonds is 6. The van der Waals surface area contributed by atoms with E-state index in [4.69, 9.17) is 16.3 Å². The standard InChI is InChI=1S/C27H22ClF6N3O3/c1-25(18-6-4-3-5-7-18)15-37(35-23(25)17-8-13-21(22(28)14-17)26(29,30)31)24(38)36(16-39-2)19-9-11-20(12-10-19)40-27(32,33)34/h3-14H,15-16H2,1-2H3. The van der Waals surface area contributed by atoms with Crippen molar-refractivity contribution in [1.82, 2.24) is 5.01 Å². The molecule has 4 rings (SSSR count). The van der Waals surface area contributed by atoms with Crippen molar-refractivity contribution in [3.05, 3.63) is 94.5 Å². The van der Waals surface area contributed by atoms with E-state index in [0.717, 1.165) is 39.7 Å². The van der Waals surface area contributed by atoms with Gasteiger partial charge in [-0.15, -0.1) is 13.2 Å². The molecule has 3 aromatic rings. The van der Waals surface area contributed by atoms with Crippen molar-refractivity contribution in [1.29, 1.82) is 0 Å². The smallest absolute Gasteiger partial charge is 0.406 e. The SMILES string of the molecule is COCN(C(=O)N1CC(C)(c2ccccc2)C(c2ccc(C(F)(F)F)c(Cl)c2)=N1)c1ccc(OC(F)(F)F)cc1. The molecule has 0 fully saturated rings. The third-order valence-electron chi connectivity index (χ3n) is 6.26. The monoisotopic (exact) mass is 585 g/mol. The number of carbonyl (C=O) groups excluding carboxylic acids is 1. The molecule has 2 amide bonds. The van der Waals surface area contributed by atoms with Gasteiger partial charge in [-0.25, -0.2) is 9.80 Å². The molecule has 0 N–H and O–H groups in total. The van der Waals surface area contributed by atoms with Gasteiger partial charge in [0.05, 0.1) is 28.3 Å². The van der Waals surface area contributed by atoms with E-state index in [0.29, 0.717) is 5.71 Å². The van der Waals surface area contributed by atoms with Gasteiger partial charge in [0.1, 0.15) is 12.5 Å². The van der Waals surface area contributed by atoms with E-state index < -0.39 is 40.3 Å². The van der Waals surface area contributed by atoms with Gasteiger partial charge in [-0.05, 0) is 48.9 Å². The number of benzene rings is 3. The van der Waals surface area contributed by atoms with E-state index in [9.17, 15) is 31.1 Å². The zero-order valence-corrected chi connectivity index (χ0v) is 21.8. The minimum Gasteiger partial charge on any atom is -0.406 e. The topological polar surface area (TPSA) is 54.4 Å². The molecule has 1 aliphatic rings. The molecule has 1 atom stereocenters. The van der Waals surface area contributed by atoms with Crippen molar-refractivity contribution in [3.8, 4) is 5.75 Å². The van der Waals surface area contributed by atoms with Crippen LogP contribution >= 0.6 is 11.6 Å². The number of hydrogen-bond acceptors (Lipinski definition) is 4. The van der Waals surface area contributed by atoms with Crippen molar-refractivity contribution < 1.29 is 40.6 Å². The molecule has 0 aromatic heterocycles. The minimum absolute atomic E-state index is 0.000690. The highest BCUT2D eigenvalue weighted by atomic mass is 35.5. The molecule has 3 aromatic carbocycles. The summed E-state index contributed by atoms with van der Waals surface area (Å²) in [6.45, 7) is 1.52. The normalized spacial score (nSPS) is 17.5. The largest absolute Gasteiger partial charge is 0.573 e. The Morgan fingerprint density at radius 1 is 1.02 bits per heavy atom. The molecule has 6 nitrogen and oxygen atoms in total. The molecule has 0 bridgehead atoms. The number of nitrogens with zero attached hydrogens (tertiary/aromatic N) is 3. The fourth-order valence-electron chi connectivity index (χ4n) is 4.39. The summed E-state index contributed by atoms with van der Waals surface area (Å²) in [6.07, 6.45) is -9.54. The Bertz CT molecular complexity index is 1400. The molecule has 1 aliphatic heterocycles. The molecule has 0 saturated heterocycles. The van der Waals surface area contributed by atoms with Gasteiger partial charge in [-0.3, -0.25) is 4.90 Å². The number of alkyl halides is 6. The Hall–Kier alpha value is -3.77. The highest BCUT2D eigenvalue weighted by Crippen LogP contribution is 2.39. The van der Waals surface area contributed by atoms with Gasteiger partial charge in [-0.1, -0.05) is 48.0 Å². The van der Waals surface area contributed by atoms with E-state index in [1.807, 2.05) is 12.1 Å². The zero-order chi connectivity index (χ0) is 29.3. The number of anilines is 1. The van der Waals surface area contributed by atoms with Gasteiger partial charge in [0, 0.05) is 18.4 Å². The lowest BCUT2D eigenvalue weighted by molar-refractivity contribution is -0.274. The molecule has 0 saturated carbocycles. The van der Waals surface area contributed by atoms with Crippen LogP contribution in [0.3, 0.4) is 0 Å². The second-order valence-electron chi connectivity index (χ2n) is 9.07. The van der Waals surface area contributed by atoms with Crippen LogP contribution < -0.4 is 9.64 Å². The predicted molar refractivity (Wildman–Crippen MR) is 136 cm³/mol. The quantitative estimate of drug-likeness (QED) is 0.223. The number of methoxy groups -OCH3 is 1. The van der Waals surface area contributed by atoms with Gasteiger partial charge >= 0.3 is 18.6 Å². The summed E-state index contributed by atoms with van der Waals surface area (Å²) in [4.78, 5) is 14.8. The van der Waals surface area contributed by atoms with E-state index in [2.05, 4.69) is 9.84 Å². The lowest BCUT2D eigenvalue weighted by Gasteiger charge is -2.29. The molecule has 0 radical (unpaired) electrons. The molecule has 13 heteroatoms. The third kappa shape index (κ3) is 6.18. The number of hydrogen-bond donors (Lipinski definition) is 0. The van der Waals surface area contributed by atoms with Crippen LogP contribution in [-0.2, 0) is 16.3 Å². The molecule has 40 heavy (non-hydrogen) atoms. The predicted octanol–water partition coefficient (Wildman–Crippen LogP) is 7.47. The molecule has 1 heterocycles. The fourth-order valence-corrected chi connectivity index (χ4v) is 4.68. The number of halogens is 7. The van der Waals surface area contributed by atoms with Gasteiger partial charge in [-0.2, -0.15) is 18.3 Å². The van der Waals surface area contributed by atoms with Crippen LogP contribution in [0.2, 0.25) is 5.02 Å². The van der Waals surface area contributed by atoms with E-state index in [1.165, 1.54) is 25.3 Å². The number of hydrazone groups is 1. The van der Waals surface area contributed by atoms with Crippen molar-refractivity contribution >= 4 is 29.0 Å². The molecular formula is C27H22ClF6N3O3. The maximum Gasteiger partial charge on any atom is 0.573 e. The first-order valence-electron chi connectivity index (χ1n) is 11.7. The van der Waals surface area contributed by atoms with Crippen molar-refractivity contribution in [2.45, 2.75) is 24.9 Å². The van der Waals surface area contributed by atoms with Crippen LogP contribution in [0.15, 0.2) is 77.9 Å². The van der Waals surface area contributed by atoms with E-state index >= 15 is 0 Å². The summed E-state index contributed by atoms with van der Waals surface area (Å²) in [5, 5.41) is 5.12. The highest BCUT2D eigenvalue weighted by molar-refractivity contribution is 6.32. The Morgan fingerprint density at radius 3 is 2.23 bits per heavy atom. The second kappa shape index (κ2) is 11.0. The van der Waals surface area contributed by atoms with Crippen LogP contribution in [0.25, 0.3) is 0 Å².